The number of urea groups is 1. The van der Waals surface area contributed by atoms with Crippen LogP contribution in [0.5, 0.6) is 0 Å². The molecular formula is C26H29ClN6O9. The fourth-order valence-electron chi connectivity index (χ4n) is 4.33. The number of aromatic amines is 1. The number of aliphatic hydroxyl groups excluding tert-OH is 5. The van der Waals surface area contributed by atoms with Crippen molar-refractivity contribution in [1.82, 2.24) is 19.6 Å². The van der Waals surface area contributed by atoms with E-state index in [9.17, 15) is 34.8 Å². The van der Waals surface area contributed by atoms with Gasteiger partial charge in [0.15, 0.2) is 5.82 Å². The highest BCUT2D eigenvalue weighted by molar-refractivity contribution is 6.31. The Morgan fingerprint density at radius 2 is 1.79 bits per heavy atom. The molecule has 3 amide bonds. The molecule has 0 radical (unpaired) electrons. The number of likely N-dealkylation sites (N-methyl/N-ethyl adjacent to an activating group) is 1. The highest BCUT2D eigenvalue weighted by Gasteiger charge is 2.31. The second-order valence-corrected chi connectivity index (χ2v) is 9.97. The van der Waals surface area contributed by atoms with Gasteiger partial charge in [0.2, 0.25) is 0 Å². The number of carbonyl (C=O) groups excluding carboxylic acids is 2. The molecule has 0 spiro atoms. The van der Waals surface area contributed by atoms with E-state index in [1.165, 1.54) is 13.1 Å². The van der Waals surface area contributed by atoms with Crippen LogP contribution in [0.1, 0.15) is 10.5 Å². The Morgan fingerprint density at radius 1 is 1.07 bits per heavy atom. The number of nitrogens with zero attached hydrogens (tertiary/aromatic N) is 3. The van der Waals surface area contributed by atoms with Crippen molar-refractivity contribution in [3.05, 3.63) is 63.7 Å². The SMILES string of the molecule is CN(CC(O)C(O)C(O)C(O)CO)C(=O)Nc1cccc2cc(C(=O)Nc3ccc(Cl)cc3-c3noc(=O)[nH]3)n(C)c12. The maximum atomic E-state index is 13.3. The minimum absolute atomic E-state index is 0.0701. The third-order valence-corrected chi connectivity index (χ3v) is 6.82. The van der Waals surface area contributed by atoms with Gasteiger partial charge >= 0.3 is 11.8 Å². The summed E-state index contributed by atoms with van der Waals surface area (Å²) in [6.07, 6.45) is -6.96. The molecule has 8 N–H and O–H groups in total. The van der Waals surface area contributed by atoms with Crippen LogP contribution < -0.4 is 16.4 Å². The number of amides is 3. The predicted octanol–water partition coefficient (Wildman–Crippen LogP) is 0.327. The van der Waals surface area contributed by atoms with Crippen molar-refractivity contribution in [3.8, 4) is 11.4 Å². The third kappa shape index (κ3) is 6.46. The third-order valence-electron chi connectivity index (χ3n) is 6.59. The quantitative estimate of drug-likeness (QED) is 0.124. The molecule has 2 heterocycles. The first-order valence-electron chi connectivity index (χ1n) is 12.5. The predicted molar refractivity (Wildman–Crippen MR) is 151 cm³/mol. The first kappa shape index (κ1) is 30.7. The van der Waals surface area contributed by atoms with E-state index in [4.69, 9.17) is 16.7 Å². The van der Waals surface area contributed by atoms with Crippen molar-refractivity contribution in [2.45, 2.75) is 24.4 Å². The Labute approximate surface area is 242 Å². The van der Waals surface area contributed by atoms with Crippen molar-refractivity contribution >= 4 is 45.8 Å². The number of hydrogen-bond acceptors (Lipinski definition) is 10. The van der Waals surface area contributed by atoms with Gasteiger partial charge in [-0.2, -0.15) is 0 Å². The zero-order valence-electron chi connectivity index (χ0n) is 22.4. The zero-order valence-corrected chi connectivity index (χ0v) is 23.1. The minimum Gasteiger partial charge on any atom is -0.394 e. The number of anilines is 2. The first-order chi connectivity index (χ1) is 19.9. The van der Waals surface area contributed by atoms with Crippen LogP contribution in [0.25, 0.3) is 22.3 Å². The summed E-state index contributed by atoms with van der Waals surface area (Å²) in [4.78, 5) is 41.2. The number of H-pyrrole nitrogens is 1. The van der Waals surface area contributed by atoms with Gasteiger partial charge in [0.25, 0.3) is 5.91 Å². The Morgan fingerprint density at radius 3 is 2.45 bits per heavy atom. The lowest BCUT2D eigenvalue weighted by atomic mass is 10.0. The first-order valence-corrected chi connectivity index (χ1v) is 12.9. The topological polar surface area (TPSA) is 226 Å². The van der Waals surface area contributed by atoms with Crippen molar-refractivity contribution in [2.24, 2.45) is 7.05 Å². The number of aliphatic hydroxyl groups is 5. The molecule has 0 aliphatic carbocycles. The Kier molecular flexibility index (Phi) is 9.30. The molecule has 15 nitrogen and oxygen atoms in total. The van der Waals surface area contributed by atoms with Crippen molar-refractivity contribution in [3.63, 3.8) is 0 Å². The van der Waals surface area contributed by atoms with E-state index >= 15 is 0 Å². The number of para-hydroxylation sites is 1. The molecule has 4 rings (SSSR count). The van der Waals surface area contributed by atoms with Crippen molar-refractivity contribution in [1.29, 1.82) is 0 Å². The van der Waals surface area contributed by atoms with Gasteiger partial charge in [-0.25, -0.2) is 9.59 Å². The number of fused-ring (bicyclic) bond motifs is 1. The number of hydrogen-bond donors (Lipinski definition) is 8. The number of aromatic nitrogens is 3. The molecular weight excluding hydrogens is 576 g/mol. The van der Waals surface area contributed by atoms with Crippen molar-refractivity contribution in [2.75, 3.05) is 30.8 Å². The smallest absolute Gasteiger partial charge is 0.394 e. The Hall–Kier alpha value is -4.25. The van der Waals surface area contributed by atoms with E-state index in [1.807, 2.05) is 0 Å². The molecule has 0 fully saturated rings. The number of rotatable bonds is 10. The second kappa shape index (κ2) is 12.7. The van der Waals surface area contributed by atoms with Crippen LogP contribution >= 0.6 is 11.6 Å². The summed E-state index contributed by atoms with van der Waals surface area (Å²) < 4.78 is 6.13. The molecule has 2 aromatic carbocycles. The lowest BCUT2D eigenvalue weighted by molar-refractivity contribution is -0.117. The fourth-order valence-corrected chi connectivity index (χ4v) is 4.51. The normalized spacial score (nSPS) is 14.3. The van der Waals surface area contributed by atoms with Crippen LogP contribution in [0.4, 0.5) is 16.2 Å². The summed E-state index contributed by atoms with van der Waals surface area (Å²) in [5, 5.41) is 58.6. The molecule has 2 aromatic heterocycles. The lowest BCUT2D eigenvalue weighted by Gasteiger charge is -2.28. The maximum Gasteiger partial charge on any atom is 0.439 e. The number of benzene rings is 2. The number of carbonyl (C=O) groups is 2. The van der Waals surface area contributed by atoms with E-state index in [1.54, 1.807) is 48.0 Å². The fraction of sp³-hybridized carbons (Fsp3) is 0.308. The molecule has 4 unspecified atom stereocenters. The Bertz CT molecular complexity index is 1650. The highest BCUT2D eigenvalue weighted by atomic mass is 35.5. The number of halogens is 1. The van der Waals surface area contributed by atoms with Crippen LogP contribution in [0.3, 0.4) is 0 Å². The van der Waals surface area contributed by atoms with Crippen LogP contribution in [-0.2, 0) is 7.05 Å². The largest absolute Gasteiger partial charge is 0.439 e. The molecule has 4 aromatic rings. The van der Waals surface area contributed by atoms with Gasteiger partial charge in [0, 0.05) is 30.1 Å². The van der Waals surface area contributed by atoms with E-state index in [0.29, 0.717) is 32.9 Å². The molecule has 4 atom stereocenters. The number of aryl methyl sites for hydroxylation is 1. The molecule has 42 heavy (non-hydrogen) atoms. The maximum absolute atomic E-state index is 13.3. The molecule has 0 saturated carbocycles. The zero-order chi connectivity index (χ0) is 30.7. The average Bonchev–Trinajstić information content (AvgIpc) is 3.55. The standard InChI is InChI=1S/C26H29ClN6O9/c1-32(10-18(35)21(37)22(38)19(36)11-34)25(40)29-16-5-3-4-12-8-17(33(2)20(12)16)24(39)28-15-7-6-13(27)9-14(15)23-30-26(41)42-31-23/h3-9,18-19,21-22,34-38H,10-11H2,1-2H3,(H,28,39)(H,29,40)(H,30,31,41). The van der Waals surface area contributed by atoms with Gasteiger partial charge in [0.05, 0.1) is 30.0 Å². The molecule has 224 valence electrons. The van der Waals surface area contributed by atoms with E-state index in [0.717, 1.165) is 4.90 Å². The number of nitrogens with one attached hydrogen (secondary N) is 3. The second-order valence-electron chi connectivity index (χ2n) is 9.53. The molecule has 0 bridgehead atoms. The van der Waals surface area contributed by atoms with E-state index in [-0.39, 0.29) is 11.5 Å². The minimum atomic E-state index is -1.83. The van der Waals surface area contributed by atoms with E-state index < -0.39 is 55.3 Å². The Balaban J connectivity index is 1.53. The monoisotopic (exact) mass is 604 g/mol. The van der Waals surface area contributed by atoms with Crippen LogP contribution in [0.2, 0.25) is 5.02 Å². The van der Waals surface area contributed by atoms with Gasteiger partial charge in [-0.3, -0.25) is 14.3 Å². The molecule has 0 aliphatic heterocycles. The van der Waals surface area contributed by atoms with E-state index in [2.05, 4.69) is 25.3 Å². The average molecular weight is 605 g/mol. The van der Waals surface area contributed by atoms with Crippen LogP contribution in [0, 0.1) is 0 Å². The van der Waals surface area contributed by atoms with Gasteiger partial charge < -0.3 is 45.6 Å². The summed E-state index contributed by atoms with van der Waals surface area (Å²) >= 11 is 6.10. The summed E-state index contributed by atoms with van der Waals surface area (Å²) in [6, 6.07) is 10.6. The summed E-state index contributed by atoms with van der Waals surface area (Å²) in [6.45, 7) is -1.25. The highest BCUT2D eigenvalue weighted by Crippen LogP contribution is 2.30. The van der Waals surface area contributed by atoms with Crippen LogP contribution in [0.15, 0.2) is 51.8 Å². The molecule has 0 aliphatic rings. The van der Waals surface area contributed by atoms with Crippen molar-refractivity contribution < 1.29 is 39.6 Å². The lowest BCUT2D eigenvalue weighted by Crippen LogP contribution is -2.50. The van der Waals surface area contributed by atoms with Crippen LogP contribution in [-0.4, -0.2) is 102 Å². The van der Waals surface area contributed by atoms with Gasteiger partial charge in [-0.15, -0.1) is 0 Å². The summed E-state index contributed by atoms with van der Waals surface area (Å²) in [5.41, 5.74) is 1.69. The van der Waals surface area contributed by atoms with Gasteiger partial charge in [0.1, 0.15) is 30.1 Å². The summed E-state index contributed by atoms with van der Waals surface area (Å²) in [7, 11) is 2.97. The van der Waals surface area contributed by atoms with Gasteiger partial charge in [-0.05, 0) is 30.3 Å². The summed E-state index contributed by atoms with van der Waals surface area (Å²) in [5.74, 6) is -1.22. The molecule has 0 saturated heterocycles. The van der Waals surface area contributed by atoms with Gasteiger partial charge in [-0.1, -0.05) is 28.9 Å². The molecule has 16 heteroatoms.